The molecule has 0 aromatic carbocycles. The molecule has 0 aliphatic rings. The van der Waals surface area contributed by atoms with Crippen LogP contribution in [0.5, 0.6) is 5.88 Å². The van der Waals surface area contributed by atoms with Gasteiger partial charge in [-0.1, -0.05) is 0 Å². The van der Waals surface area contributed by atoms with E-state index in [9.17, 15) is 22.8 Å². The fourth-order valence-electron chi connectivity index (χ4n) is 2.78. The highest BCUT2D eigenvalue weighted by atomic mass is 32.1. The summed E-state index contributed by atoms with van der Waals surface area (Å²) in [5, 5.41) is 6.18. The lowest BCUT2D eigenvalue weighted by atomic mass is 10.3. The van der Waals surface area contributed by atoms with E-state index in [2.05, 4.69) is 15.4 Å². The van der Waals surface area contributed by atoms with Gasteiger partial charge in [-0.25, -0.2) is 14.1 Å². The molecule has 0 saturated carbocycles. The van der Waals surface area contributed by atoms with Crippen LogP contribution in [0.1, 0.15) is 40.6 Å². The molecule has 156 valence electrons. The largest absolute Gasteiger partial charge is 0.478 e. The smallest absolute Gasteiger partial charge is 0.435 e. The van der Waals surface area contributed by atoms with Crippen LogP contribution in [-0.2, 0) is 12.7 Å². The third-order valence-electron chi connectivity index (χ3n) is 3.93. The van der Waals surface area contributed by atoms with E-state index >= 15 is 0 Å². The van der Waals surface area contributed by atoms with Crippen molar-refractivity contribution >= 4 is 22.2 Å². The van der Waals surface area contributed by atoms with Gasteiger partial charge in [0.2, 0.25) is 5.88 Å². The van der Waals surface area contributed by atoms with Crippen LogP contribution in [0.4, 0.5) is 13.2 Å². The fourth-order valence-corrected chi connectivity index (χ4v) is 3.77. The van der Waals surface area contributed by atoms with Crippen LogP contribution in [0.15, 0.2) is 16.9 Å². The summed E-state index contributed by atoms with van der Waals surface area (Å²) in [6.45, 7) is 5.45. The summed E-state index contributed by atoms with van der Waals surface area (Å²) >= 11 is 1.15. The Bertz CT molecular complexity index is 1120. The molecule has 3 aromatic heterocycles. The topological polar surface area (TPSA) is 90.5 Å². The monoisotopic (exact) mass is 429 g/mol. The Morgan fingerprint density at radius 1 is 1.31 bits per heavy atom. The number of hydrogen-bond acceptors (Lipinski definition) is 6. The van der Waals surface area contributed by atoms with Gasteiger partial charge in [-0.05, 0) is 20.8 Å². The van der Waals surface area contributed by atoms with E-state index in [1.165, 1.54) is 10.5 Å². The predicted molar refractivity (Wildman–Crippen MR) is 99.6 cm³/mol. The second kappa shape index (κ2) is 7.85. The summed E-state index contributed by atoms with van der Waals surface area (Å²) in [7, 11) is 0. The highest BCUT2D eigenvalue weighted by Gasteiger charge is 2.35. The molecule has 8 nitrogen and oxygen atoms in total. The standard InChI is InChI=1S/C17H18F3N5O3S/c1-4-21-15(27)14-9(3)29-16-22-10(6-12(26)25(14)16)8-24-13(28-5-2)7-11(23-24)17(18,19)20/h6-7H,4-5,8H2,1-3H3,(H,21,27). The number of rotatable bonds is 6. The first kappa shape index (κ1) is 20.8. The Balaban J connectivity index is 2.03. The minimum Gasteiger partial charge on any atom is -0.478 e. The van der Waals surface area contributed by atoms with E-state index in [0.29, 0.717) is 11.4 Å². The van der Waals surface area contributed by atoms with Crippen molar-refractivity contribution in [2.75, 3.05) is 13.2 Å². The van der Waals surface area contributed by atoms with Gasteiger partial charge in [0.1, 0.15) is 5.69 Å². The Morgan fingerprint density at radius 3 is 2.66 bits per heavy atom. The summed E-state index contributed by atoms with van der Waals surface area (Å²) in [5.74, 6) is -0.472. The van der Waals surface area contributed by atoms with Gasteiger partial charge < -0.3 is 10.1 Å². The normalized spacial score (nSPS) is 11.8. The molecule has 1 N–H and O–H groups in total. The van der Waals surface area contributed by atoms with E-state index in [1.54, 1.807) is 20.8 Å². The van der Waals surface area contributed by atoms with E-state index in [4.69, 9.17) is 4.74 Å². The molecule has 3 aromatic rings. The van der Waals surface area contributed by atoms with Gasteiger partial charge in [-0.3, -0.25) is 9.59 Å². The Labute approximate surface area is 166 Å². The van der Waals surface area contributed by atoms with Crippen molar-refractivity contribution < 1.29 is 22.7 Å². The number of carbonyl (C=O) groups excluding carboxylic acids is 1. The number of ether oxygens (including phenoxy) is 1. The van der Waals surface area contributed by atoms with Crippen molar-refractivity contribution in [3.63, 3.8) is 0 Å². The molecular formula is C17H18F3N5O3S. The van der Waals surface area contributed by atoms with Crippen LogP contribution in [0.3, 0.4) is 0 Å². The molecule has 1 amide bonds. The molecule has 0 unspecified atom stereocenters. The first-order chi connectivity index (χ1) is 13.7. The van der Waals surface area contributed by atoms with Crippen molar-refractivity contribution in [2.24, 2.45) is 0 Å². The zero-order valence-electron chi connectivity index (χ0n) is 15.8. The molecule has 3 heterocycles. The van der Waals surface area contributed by atoms with E-state index in [0.717, 1.165) is 22.1 Å². The molecule has 0 fully saturated rings. The van der Waals surface area contributed by atoms with Gasteiger partial charge in [-0.15, -0.1) is 11.3 Å². The Kier molecular flexibility index (Phi) is 5.64. The molecule has 0 spiro atoms. The molecule has 0 aliphatic carbocycles. The van der Waals surface area contributed by atoms with Crippen LogP contribution in [-0.4, -0.2) is 38.2 Å². The lowest BCUT2D eigenvalue weighted by Crippen LogP contribution is -2.28. The molecule has 12 heteroatoms. The average molecular weight is 429 g/mol. The number of amides is 1. The van der Waals surface area contributed by atoms with Crippen LogP contribution in [0.2, 0.25) is 0 Å². The molecule has 0 atom stereocenters. The SMILES string of the molecule is CCNC(=O)c1c(C)sc2nc(Cn3nc(C(F)(F)F)cc3OCC)cc(=O)n12. The van der Waals surface area contributed by atoms with Crippen molar-refractivity contribution in [2.45, 2.75) is 33.5 Å². The van der Waals surface area contributed by atoms with Gasteiger partial charge in [0.05, 0.1) is 18.8 Å². The zero-order chi connectivity index (χ0) is 21.3. The van der Waals surface area contributed by atoms with Crippen LogP contribution < -0.4 is 15.6 Å². The zero-order valence-corrected chi connectivity index (χ0v) is 16.6. The lowest BCUT2D eigenvalue weighted by Gasteiger charge is -2.08. The summed E-state index contributed by atoms with van der Waals surface area (Å²) < 4.78 is 46.4. The number of nitrogens with zero attached hydrogens (tertiary/aromatic N) is 4. The summed E-state index contributed by atoms with van der Waals surface area (Å²) in [6, 6.07) is 1.98. The Hall–Kier alpha value is -2.89. The van der Waals surface area contributed by atoms with Crippen LogP contribution >= 0.6 is 11.3 Å². The summed E-state index contributed by atoms with van der Waals surface area (Å²) in [4.78, 5) is 30.1. The third kappa shape index (κ3) is 4.11. The quantitative estimate of drug-likeness (QED) is 0.650. The van der Waals surface area contributed by atoms with Gasteiger partial charge >= 0.3 is 6.18 Å². The fraction of sp³-hybridized carbons (Fsp3) is 0.412. The third-order valence-corrected chi connectivity index (χ3v) is 4.89. The minimum absolute atomic E-state index is 0.0767. The van der Waals surface area contributed by atoms with Gasteiger partial charge in [-0.2, -0.15) is 18.3 Å². The number of alkyl halides is 3. The van der Waals surface area contributed by atoms with Crippen molar-refractivity contribution in [3.8, 4) is 5.88 Å². The molecule has 0 saturated heterocycles. The first-order valence-electron chi connectivity index (χ1n) is 8.73. The Morgan fingerprint density at radius 2 is 2.03 bits per heavy atom. The number of halogens is 3. The molecule has 0 radical (unpaired) electrons. The lowest BCUT2D eigenvalue weighted by molar-refractivity contribution is -0.141. The number of fused-ring (bicyclic) bond motifs is 1. The molecule has 29 heavy (non-hydrogen) atoms. The molecule has 3 rings (SSSR count). The number of nitrogens with one attached hydrogen (secondary N) is 1. The van der Waals surface area contributed by atoms with Crippen molar-refractivity contribution in [3.05, 3.63) is 44.4 Å². The number of thiazole rings is 1. The minimum atomic E-state index is -4.62. The first-order valence-corrected chi connectivity index (χ1v) is 9.55. The highest BCUT2D eigenvalue weighted by molar-refractivity contribution is 7.17. The maximum atomic E-state index is 13.0. The second-order valence-electron chi connectivity index (χ2n) is 6.03. The summed E-state index contributed by atoms with van der Waals surface area (Å²) in [5.41, 5.74) is -1.19. The van der Waals surface area contributed by atoms with Gasteiger partial charge in [0, 0.05) is 23.6 Å². The molecule has 0 aliphatic heterocycles. The number of carbonyl (C=O) groups is 1. The van der Waals surface area contributed by atoms with Gasteiger partial charge in [0.25, 0.3) is 11.5 Å². The number of aryl methyl sites for hydroxylation is 1. The van der Waals surface area contributed by atoms with Gasteiger partial charge in [0.15, 0.2) is 10.7 Å². The maximum Gasteiger partial charge on any atom is 0.435 e. The van der Waals surface area contributed by atoms with Crippen LogP contribution in [0.25, 0.3) is 4.96 Å². The molecular weight excluding hydrogens is 411 g/mol. The van der Waals surface area contributed by atoms with E-state index in [1.807, 2.05) is 0 Å². The number of hydrogen-bond donors (Lipinski definition) is 1. The number of aromatic nitrogens is 4. The van der Waals surface area contributed by atoms with Crippen LogP contribution in [0, 0.1) is 6.92 Å². The molecule has 0 bridgehead atoms. The highest BCUT2D eigenvalue weighted by Crippen LogP contribution is 2.31. The second-order valence-corrected chi connectivity index (χ2v) is 7.21. The van der Waals surface area contributed by atoms with Crippen molar-refractivity contribution in [1.29, 1.82) is 0 Å². The van der Waals surface area contributed by atoms with E-state index in [-0.39, 0.29) is 35.4 Å². The predicted octanol–water partition coefficient (Wildman–Crippen LogP) is 2.48. The average Bonchev–Trinajstić information content (AvgIpc) is 3.16. The van der Waals surface area contributed by atoms with E-state index < -0.39 is 23.3 Å². The van der Waals surface area contributed by atoms with Crippen molar-refractivity contribution in [1.82, 2.24) is 24.5 Å². The maximum absolute atomic E-state index is 13.0. The summed E-state index contributed by atoms with van der Waals surface area (Å²) in [6.07, 6.45) is -4.62.